The van der Waals surface area contributed by atoms with Crippen LogP contribution in [-0.2, 0) is 17.8 Å². The summed E-state index contributed by atoms with van der Waals surface area (Å²) < 4.78 is 0. The SMILES string of the molecule is Cc1ccc(CN(CCc2ccccc2)C(=O)CC2CSCCN2)s1.Cl. The van der Waals surface area contributed by atoms with E-state index in [-0.39, 0.29) is 18.3 Å². The van der Waals surface area contributed by atoms with Crippen LogP contribution in [0.25, 0.3) is 0 Å². The molecule has 1 fully saturated rings. The number of hydrogen-bond donors (Lipinski definition) is 1. The molecular formula is C20H27ClN2OS2. The standard InChI is InChI=1S/C20H26N2OS2.ClH/c1-16-7-8-19(25-16)14-22(11-9-17-5-3-2-4-6-17)20(23)13-18-15-24-12-10-21-18;/h2-8,18,21H,9-15H2,1H3;1H. The largest absolute Gasteiger partial charge is 0.337 e. The van der Waals surface area contributed by atoms with Gasteiger partial charge in [-0.1, -0.05) is 30.3 Å². The molecule has 142 valence electrons. The second-order valence-corrected chi connectivity index (χ2v) is 9.02. The molecule has 1 atom stereocenters. The molecule has 1 aliphatic heterocycles. The summed E-state index contributed by atoms with van der Waals surface area (Å²) in [4.78, 5) is 17.5. The van der Waals surface area contributed by atoms with E-state index in [1.165, 1.54) is 15.3 Å². The van der Waals surface area contributed by atoms with Crippen LogP contribution < -0.4 is 5.32 Å². The van der Waals surface area contributed by atoms with Gasteiger partial charge >= 0.3 is 0 Å². The van der Waals surface area contributed by atoms with E-state index in [1.54, 1.807) is 11.3 Å². The smallest absolute Gasteiger partial charge is 0.224 e. The Hall–Kier alpha value is -1.01. The maximum absolute atomic E-state index is 12.9. The molecule has 1 unspecified atom stereocenters. The highest BCUT2D eigenvalue weighted by Crippen LogP contribution is 2.19. The fourth-order valence-electron chi connectivity index (χ4n) is 3.05. The van der Waals surface area contributed by atoms with Crippen molar-refractivity contribution in [3.8, 4) is 0 Å². The van der Waals surface area contributed by atoms with Crippen LogP contribution in [0.1, 0.15) is 21.7 Å². The van der Waals surface area contributed by atoms with Crippen LogP contribution in [0.5, 0.6) is 0 Å². The molecule has 2 aromatic rings. The molecule has 0 bridgehead atoms. The number of benzene rings is 1. The van der Waals surface area contributed by atoms with Crippen molar-refractivity contribution in [3.63, 3.8) is 0 Å². The molecule has 0 aliphatic carbocycles. The van der Waals surface area contributed by atoms with E-state index >= 15 is 0 Å². The van der Waals surface area contributed by atoms with Gasteiger partial charge in [0.2, 0.25) is 5.91 Å². The lowest BCUT2D eigenvalue weighted by atomic mass is 10.1. The maximum atomic E-state index is 12.9. The third-order valence-electron chi connectivity index (χ3n) is 4.43. The zero-order valence-corrected chi connectivity index (χ0v) is 17.6. The number of hydrogen-bond acceptors (Lipinski definition) is 4. The highest BCUT2D eigenvalue weighted by molar-refractivity contribution is 7.99. The topological polar surface area (TPSA) is 32.3 Å². The molecule has 1 N–H and O–H groups in total. The first-order chi connectivity index (χ1) is 12.2. The van der Waals surface area contributed by atoms with E-state index < -0.39 is 0 Å². The second kappa shape index (κ2) is 11.0. The summed E-state index contributed by atoms with van der Waals surface area (Å²) in [5.41, 5.74) is 1.29. The van der Waals surface area contributed by atoms with Crippen LogP contribution in [0.3, 0.4) is 0 Å². The zero-order valence-electron chi connectivity index (χ0n) is 15.1. The van der Waals surface area contributed by atoms with Crippen LogP contribution in [0.15, 0.2) is 42.5 Å². The Bertz CT molecular complexity index is 671. The summed E-state index contributed by atoms with van der Waals surface area (Å²) in [5.74, 6) is 2.45. The van der Waals surface area contributed by atoms with Gasteiger partial charge in [0.25, 0.3) is 0 Å². The first-order valence-corrected chi connectivity index (χ1v) is 10.9. The lowest BCUT2D eigenvalue weighted by Gasteiger charge is -2.27. The summed E-state index contributed by atoms with van der Waals surface area (Å²) >= 11 is 3.73. The van der Waals surface area contributed by atoms with Gasteiger partial charge in [0.15, 0.2) is 0 Å². The predicted octanol–water partition coefficient (Wildman–Crippen LogP) is 4.14. The normalized spacial score (nSPS) is 16.7. The van der Waals surface area contributed by atoms with Crippen molar-refractivity contribution in [1.29, 1.82) is 0 Å². The van der Waals surface area contributed by atoms with Crippen molar-refractivity contribution >= 4 is 41.4 Å². The Kier molecular flexibility index (Phi) is 8.99. The van der Waals surface area contributed by atoms with Crippen LogP contribution in [0.4, 0.5) is 0 Å². The molecule has 1 saturated heterocycles. The molecule has 0 radical (unpaired) electrons. The quantitative estimate of drug-likeness (QED) is 0.744. The van der Waals surface area contributed by atoms with Gasteiger partial charge in [-0.25, -0.2) is 0 Å². The number of nitrogens with zero attached hydrogens (tertiary/aromatic N) is 1. The van der Waals surface area contributed by atoms with E-state index in [1.807, 2.05) is 22.7 Å². The Morgan fingerprint density at radius 3 is 2.69 bits per heavy atom. The van der Waals surface area contributed by atoms with Crippen molar-refractivity contribution in [1.82, 2.24) is 10.2 Å². The van der Waals surface area contributed by atoms with Crippen molar-refractivity contribution in [2.24, 2.45) is 0 Å². The number of halogens is 1. The molecule has 2 heterocycles. The third kappa shape index (κ3) is 6.62. The highest BCUT2D eigenvalue weighted by atomic mass is 35.5. The van der Waals surface area contributed by atoms with E-state index in [4.69, 9.17) is 0 Å². The molecule has 3 nitrogen and oxygen atoms in total. The zero-order chi connectivity index (χ0) is 17.5. The second-order valence-electron chi connectivity index (χ2n) is 6.49. The average molecular weight is 411 g/mol. The average Bonchev–Trinajstić information content (AvgIpc) is 3.05. The molecule has 6 heteroatoms. The van der Waals surface area contributed by atoms with Gasteiger partial charge in [-0.3, -0.25) is 4.79 Å². The Labute approximate surface area is 171 Å². The van der Waals surface area contributed by atoms with Gasteiger partial charge in [-0.05, 0) is 31.0 Å². The van der Waals surface area contributed by atoms with E-state index in [0.717, 1.165) is 37.6 Å². The van der Waals surface area contributed by atoms with Crippen LogP contribution in [0, 0.1) is 6.92 Å². The minimum atomic E-state index is 0. The van der Waals surface area contributed by atoms with Gasteiger partial charge in [0, 0.05) is 46.8 Å². The van der Waals surface area contributed by atoms with Crippen LogP contribution in [-0.4, -0.2) is 41.4 Å². The van der Waals surface area contributed by atoms with E-state index in [0.29, 0.717) is 12.5 Å². The monoisotopic (exact) mass is 410 g/mol. The molecule has 1 aliphatic rings. The number of aryl methyl sites for hydroxylation is 1. The number of amides is 1. The molecule has 26 heavy (non-hydrogen) atoms. The summed E-state index contributed by atoms with van der Waals surface area (Å²) in [6.07, 6.45) is 1.51. The van der Waals surface area contributed by atoms with Crippen LogP contribution >= 0.6 is 35.5 Å². The molecule has 0 spiro atoms. The van der Waals surface area contributed by atoms with Gasteiger partial charge in [-0.15, -0.1) is 23.7 Å². The number of rotatable bonds is 7. The van der Waals surface area contributed by atoms with Crippen LogP contribution in [0.2, 0.25) is 0 Å². The molecule has 0 saturated carbocycles. The maximum Gasteiger partial charge on any atom is 0.224 e. The Balaban J connectivity index is 0.00000243. The number of carbonyl (C=O) groups is 1. The summed E-state index contributed by atoms with van der Waals surface area (Å²) in [5, 5.41) is 3.48. The lowest BCUT2D eigenvalue weighted by Crippen LogP contribution is -2.42. The fourth-order valence-corrected chi connectivity index (χ4v) is 4.90. The first kappa shape index (κ1) is 21.3. The number of thioether (sulfide) groups is 1. The lowest BCUT2D eigenvalue weighted by molar-refractivity contribution is -0.132. The van der Waals surface area contributed by atoms with E-state index in [2.05, 4.69) is 48.6 Å². The minimum Gasteiger partial charge on any atom is -0.337 e. The third-order valence-corrected chi connectivity index (χ3v) is 6.54. The fraction of sp³-hybridized carbons (Fsp3) is 0.450. The predicted molar refractivity (Wildman–Crippen MR) is 116 cm³/mol. The van der Waals surface area contributed by atoms with Gasteiger partial charge in [-0.2, -0.15) is 11.8 Å². The Morgan fingerprint density at radius 2 is 2.04 bits per heavy atom. The van der Waals surface area contributed by atoms with Crippen molar-refractivity contribution in [3.05, 3.63) is 57.8 Å². The molecule has 1 aromatic heterocycles. The van der Waals surface area contributed by atoms with Crippen molar-refractivity contribution in [2.75, 3.05) is 24.6 Å². The number of nitrogens with one attached hydrogen (secondary N) is 1. The highest BCUT2D eigenvalue weighted by Gasteiger charge is 2.21. The van der Waals surface area contributed by atoms with Crippen molar-refractivity contribution < 1.29 is 4.79 Å². The first-order valence-electron chi connectivity index (χ1n) is 8.89. The van der Waals surface area contributed by atoms with Gasteiger partial charge < -0.3 is 10.2 Å². The molecule has 1 amide bonds. The summed E-state index contributed by atoms with van der Waals surface area (Å²) in [7, 11) is 0. The molecule has 3 rings (SSSR count). The molecular weight excluding hydrogens is 384 g/mol. The number of thiophene rings is 1. The van der Waals surface area contributed by atoms with Crippen molar-refractivity contribution in [2.45, 2.75) is 32.4 Å². The Morgan fingerprint density at radius 1 is 1.23 bits per heavy atom. The number of carbonyl (C=O) groups excluding carboxylic acids is 1. The summed E-state index contributed by atoms with van der Waals surface area (Å²) in [6, 6.07) is 15.0. The van der Waals surface area contributed by atoms with Gasteiger partial charge in [0.1, 0.15) is 0 Å². The summed E-state index contributed by atoms with van der Waals surface area (Å²) in [6.45, 7) is 4.63. The minimum absolute atomic E-state index is 0. The van der Waals surface area contributed by atoms with Gasteiger partial charge in [0.05, 0.1) is 6.54 Å². The van der Waals surface area contributed by atoms with E-state index in [9.17, 15) is 4.79 Å². The molecule has 1 aromatic carbocycles.